The van der Waals surface area contributed by atoms with Gasteiger partial charge in [0.1, 0.15) is 0 Å². The van der Waals surface area contributed by atoms with Crippen LogP contribution < -0.4 is 10.6 Å². The van der Waals surface area contributed by atoms with E-state index < -0.39 is 7.92 Å². The third kappa shape index (κ3) is 4.76. The van der Waals surface area contributed by atoms with E-state index in [1.807, 2.05) is 12.1 Å². The standard InChI is InChI=1S/C15H15Cl2P.Ni/c16-12-11-15(17)18(13-7-3-1-4-8-13)14-9-5-2-6-10-14;/h1-10,15H,11-12H2;. The van der Waals surface area contributed by atoms with Crippen molar-refractivity contribution in [2.45, 2.75) is 11.5 Å². The smallest absolute Gasteiger partial charge is 0.0627 e. The van der Waals surface area contributed by atoms with Crippen molar-refractivity contribution >= 4 is 41.7 Å². The Hall–Kier alpha value is -0.0565. The maximum Gasteiger partial charge on any atom is 0.0627 e. The van der Waals surface area contributed by atoms with Crippen molar-refractivity contribution in [2.75, 3.05) is 5.88 Å². The number of hydrogen-bond donors (Lipinski definition) is 0. The van der Waals surface area contributed by atoms with Gasteiger partial charge in [-0.2, -0.15) is 0 Å². The minimum Gasteiger partial charge on any atom is -0.127 e. The van der Waals surface area contributed by atoms with Crippen LogP contribution in [0.4, 0.5) is 0 Å². The zero-order valence-corrected chi connectivity index (χ0v) is 13.7. The summed E-state index contributed by atoms with van der Waals surface area (Å²) in [7, 11) is -0.537. The SMILES string of the molecule is ClCCC(Cl)P(c1ccccc1)c1ccccc1.[Ni]. The van der Waals surface area contributed by atoms with Crippen molar-refractivity contribution in [3.05, 3.63) is 60.7 Å². The summed E-state index contributed by atoms with van der Waals surface area (Å²) in [6.45, 7) is 0. The van der Waals surface area contributed by atoms with Gasteiger partial charge in [0.2, 0.25) is 0 Å². The Labute approximate surface area is 136 Å². The Balaban J connectivity index is 0.00000180. The van der Waals surface area contributed by atoms with Gasteiger partial charge in [-0.05, 0) is 25.0 Å². The maximum absolute atomic E-state index is 6.56. The summed E-state index contributed by atoms with van der Waals surface area (Å²) in [4.78, 5) is 0. The van der Waals surface area contributed by atoms with Crippen LogP contribution in [0.5, 0.6) is 0 Å². The van der Waals surface area contributed by atoms with Gasteiger partial charge in [-0.15, -0.1) is 23.2 Å². The molecule has 0 fully saturated rings. The molecule has 19 heavy (non-hydrogen) atoms. The molecule has 4 heteroatoms. The molecule has 0 aliphatic carbocycles. The van der Waals surface area contributed by atoms with E-state index in [0.29, 0.717) is 5.88 Å². The van der Waals surface area contributed by atoms with Gasteiger partial charge in [0.25, 0.3) is 0 Å². The first kappa shape index (κ1) is 17.0. The fourth-order valence-electron chi connectivity index (χ4n) is 1.87. The van der Waals surface area contributed by atoms with Crippen LogP contribution in [0.3, 0.4) is 0 Å². The van der Waals surface area contributed by atoms with Gasteiger partial charge in [0, 0.05) is 22.4 Å². The first-order chi connectivity index (χ1) is 8.83. The van der Waals surface area contributed by atoms with Gasteiger partial charge < -0.3 is 0 Å². The number of rotatable bonds is 5. The molecule has 2 rings (SSSR count). The quantitative estimate of drug-likeness (QED) is 0.426. The van der Waals surface area contributed by atoms with E-state index >= 15 is 0 Å². The minimum absolute atomic E-state index is 0. The van der Waals surface area contributed by atoms with Gasteiger partial charge >= 0.3 is 0 Å². The molecule has 0 radical (unpaired) electrons. The van der Waals surface area contributed by atoms with Gasteiger partial charge in [-0.3, -0.25) is 0 Å². The van der Waals surface area contributed by atoms with Crippen molar-refractivity contribution in [3.63, 3.8) is 0 Å². The number of alkyl halides is 2. The molecule has 0 aromatic heterocycles. The predicted octanol–water partition coefficient (Wildman–Crippen LogP) is 4.31. The van der Waals surface area contributed by atoms with E-state index in [-0.39, 0.29) is 21.6 Å². The largest absolute Gasteiger partial charge is 0.127 e. The summed E-state index contributed by atoms with van der Waals surface area (Å²) in [5, 5.41) is 2.70. The molecule has 0 saturated heterocycles. The maximum atomic E-state index is 6.56. The van der Waals surface area contributed by atoms with Gasteiger partial charge in [-0.1, -0.05) is 60.7 Å². The summed E-state index contributed by atoms with van der Waals surface area (Å²) in [5.41, 5.74) is 0. The molecule has 0 aliphatic heterocycles. The van der Waals surface area contributed by atoms with Crippen molar-refractivity contribution in [2.24, 2.45) is 0 Å². The Morgan fingerprint density at radius 1 is 0.842 bits per heavy atom. The van der Waals surface area contributed by atoms with Gasteiger partial charge in [-0.25, -0.2) is 0 Å². The van der Waals surface area contributed by atoms with Crippen LogP contribution in [0.25, 0.3) is 0 Å². The van der Waals surface area contributed by atoms with Crippen molar-refractivity contribution < 1.29 is 16.5 Å². The van der Waals surface area contributed by atoms with Crippen LogP contribution in [-0.2, 0) is 16.5 Å². The second-order valence-electron chi connectivity index (χ2n) is 3.95. The molecular weight excluding hydrogens is 341 g/mol. The van der Waals surface area contributed by atoms with Crippen molar-refractivity contribution in [1.29, 1.82) is 0 Å². The van der Waals surface area contributed by atoms with E-state index in [1.54, 1.807) is 0 Å². The third-order valence-corrected chi connectivity index (χ3v) is 6.25. The minimum atomic E-state index is -0.537. The number of halogens is 2. The molecule has 1 atom stereocenters. The van der Waals surface area contributed by atoms with E-state index in [9.17, 15) is 0 Å². The average molecular weight is 356 g/mol. The van der Waals surface area contributed by atoms with Crippen LogP contribution in [0.1, 0.15) is 6.42 Å². The molecule has 0 bridgehead atoms. The molecule has 0 aliphatic rings. The predicted molar refractivity (Wildman–Crippen MR) is 84.1 cm³/mol. The fourth-order valence-corrected chi connectivity index (χ4v) is 5.46. The Morgan fingerprint density at radius 3 is 1.63 bits per heavy atom. The molecule has 0 spiro atoms. The summed E-state index contributed by atoms with van der Waals surface area (Å²) < 4.78 is 0. The molecule has 2 aromatic rings. The van der Waals surface area contributed by atoms with Gasteiger partial charge in [0.15, 0.2) is 0 Å². The molecule has 0 amide bonds. The van der Waals surface area contributed by atoms with Crippen molar-refractivity contribution in [3.8, 4) is 0 Å². The van der Waals surface area contributed by atoms with Gasteiger partial charge in [0.05, 0.1) is 5.12 Å². The van der Waals surface area contributed by atoms with E-state index in [0.717, 1.165) is 6.42 Å². The molecule has 2 aromatic carbocycles. The number of hydrogen-bond acceptors (Lipinski definition) is 0. The summed E-state index contributed by atoms with van der Waals surface area (Å²) in [6.07, 6.45) is 0.832. The van der Waals surface area contributed by atoms with E-state index in [2.05, 4.69) is 48.5 Å². The summed E-state index contributed by atoms with van der Waals surface area (Å²) in [5.74, 6) is 0.604. The molecule has 0 N–H and O–H groups in total. The fraction of sp³-hybridized carbons (Fsp3) is 0.200. The summed E-state index contributed by atoms with van der Waals surface area (Å²) >= 11 is 12.4. The van der Waals surface area contributed by atoms with Crippen molar-refractivity contribution in [1.82, 2.24) is 0 Å². The second-order valence-corrected chi connectivity index (χ2v) is 7.56. The molecular formula is C15H15Cl2NiP. The van der Waals surface area contributed by atoms with Crippen LogP contribution in [0, 0.1) is 0 Å². The monoisotopic (exact) mass is 354 g/mol. The Bertz CT molecular complexity index is 425. The van der Waals surface area contributed by atoms with E-state index in [1.165, 1.54) is 10.6 Å². The normalized spacial score (nSPS) is 11.9. The Morgan fingerprint density at radius 2 is 1.26 bits per heavy atom. The third-order valence-electron chi connectivity index (χ3n) is 2.70. The van der Waals surface area contributed by atoms with Crippen LogP contribution >= 0.6 is 31.1 Å². The molecule has 0 nitrogen and oxygen atoms in total. The average Bonchev–Trinajstić information content (AvgIpc) is 2.42. The van der Waals surface area contributed by atoms with E-state index in [4.69, 9.17) is 23.2 Å². The Kier molecular flexibility index (Phi) is 8.04. The molecule has 1 unspecified atom stereocenters. The molecule has 0 saturated carbocycles. The number of benzene rings is 2. The van der Waals surface area contributed by atoms with Crippen LogP contribution in [-0.4, -0.2) is 11.0 Å². The molecule has 0 heterocycles. The van der Waals surface area contributed by atoms with Crippen LogP contribution in [0.2, 0.25) is 0 Å². The first-order valence-corrected chi connectivity index (χ1v) is 8.30. The van der Waals surface area contributed by atoms with Crippen LogP contribution in [0.15, 0.2) is 60.7 Å². The second kappa shape index (κ2) is 8.99. The molecule has 104 valence electrons. The summed E-state index contributed by atoms with van der Waals surface area (Å²) in [6, 6.07) is 21.0. The first-order valence-electron chi connectivity index (χ1n) is 5.92. The zero-order valence-electron chi connectivity index (χ0n) is 10.3. The topological polar surface area (TPSA) is 0 Å². The zero-order chi connectivity index (χ0) is 12.8.